The molecular formula is C21H20O5S. The zero-order valence-electron chi connectivity index (χ0n) is 15.3. The van der Waals surface area contributed by atoms with E-state index < -0.39 is 15.8 Å². The lowest BCUT2D eigenvalue weighted by atomic mass is 10.0. The Morgan fingerprint density at radius 2 is 1.78 bits per heavy atom. The molecule has 0 saturated carbocycles. The minimum Gasteiger partial charge on any atom is -0.497 e. The van der Waals surface area contributed by atoms with Gasteiger partial charge in [0, 0.05) is 6.26 Å². The number of methoxy groups -OCH3 is 1. The maximum Gasteiger partial charge on any atom is 0.307 e. The number of aliphatic carboxylic acids is 1. The first-order chi connectivity index (χ1) is 12.7. The van der Waals surface area contributed by atoms with Gasteiger partial charge in [-0.05, 0) is 70.7 Å². The molecule has 0 spiro atoms. The van der Waals surface area contributed by atoms with Crippen molar-refractivity contribution in [3.63, 3.8) is 0 Å². The largest absolute Gasteiger partial charge is 0.497 e. The van der Waals surface area contributed by atoms with Crippen molar-refractivity contribution in [2.24, 2.45) is 0 Å². The first kappa shape index (κ1) is 18.9. The minimum atomic E-state index is -3.25. The molecular weight excluding hydrogens is 364 g/mol. The molecule has 2 aromatic rings. The number of carboxylic acid groups (broad SMARTS) is 1. The van der Waals surface area contributed by atoms with Crippen molar-refractivity contribution in [2.45, 2.75) is 18.2 Å². The lowest BCUT2D eigenvalue weighted by Gasteiger charge is -2.07. The maximum absolute atomic E-state index is 11.6. The number of benzene rings is 2. The van der Waals surface area contributed by atoms with Crippen molar-refractivity contribution < 1.29 is 23.1 Å². The van der Waals surface area contributed by atoms with Gasteiger partial charge in [0.2, 0.25) is 0 Å². The SMILES string of the molecule is COc1ccc2c(c1)C(CC(=O)O)=C(C)/C2=C\c1ccc(S(C)(=O)=O)cc1. The monoisotopic (exact) mass is 384 g/mol. The highest BCUT2D eigenvalue weighted by Crippen LogP contribution is 2.44. The van der Waals surface area contributed by atoms with E-state index in [1.54, 1.807) is 31.4 Å². The van der Waals surface area contributed by atoms with Gasteiger partial charge >= 0.3 is 5.97 Å². The van der Waals surface area contributed by atoms with E-state index in [1.165, 1.54) is 6.26 Å². The maximum atomic E-state index is 11.6. The van der Waals surface area contributed by atoms with E-state index in [1.807, 2.05) is 31.2 Å². The molecule has 0 unspecified atom stereocenters. The summed E-state index contributed by atoms with van der Waals surface area (Å²) in [5.74, 6) is -0.222. The first-order valence-corrected chi connectivity index (χ1v) is 10.2. The van der Waals surface area contributed by atoms with E-state index in [-0.39, 0.29) is 11.3 Å². The third-order valence-corrected chi connectivity index (χ3v) is 5.77. The standard InChI is InChI=1S/C21H20O5S/c1-13-18(10-14-4-7-16(8-5-14)27(3,24)25)17-9-6-15(26-2)11-20(17)19(13)12-21(22)23/h4-11H,12H2,1-3H3,(H,22,23)/b18-10+. The lowest BCUT2D eigenvalue weighted by molar-refractivity contribution is -0.135. The van der Waals surface area contributed by atoms with E-state index in [2.05, 4.69) is 0 Å². The molecule has 140 valence electrons. The number of carboxylic acids is 1. The molecule has 2 aromatic carbocycles. The zero-order valence-corrected chi connectivity index (χ0v) is 16.1. The van der Waals surface area contributed by atoms with Crippen molar-refractivity contribution in [3.8, 4) is 5.75 Å². The van der Waals surface area contributed by atoms with E-state index in [0.29, 0.717) is 5.75 Å². The molecule has 5 nitrogen and oxygen atoms in total. The van der Waals surface area contributed by atoms with Crippen LogP contribution in [0.4, 0.5) is 0 Å². The number of allylic oxidation sites excluding steroid dienone is 2. The predicted octanol–water partition coefficient (Wildman–Crippen LogP) is 3.90. The molecule has 0 atom stereocenters. The van der Waals surface area contributed by atoms with Crippen molar-refractivity contribution in [2.75, 3.05) is 13.4 Å². The van der Waals surface area contributed by atoms with Crippen LogP contribution in [0.15, 0.2) is 52.9 Å². The fraction of sp³-hybridized carbons (Fsp3) is 0.190. The van der Waals surface area contributed by atoms with Crippen LogP contribution in [0.3, 0.4) is 0 Å². The summed E-state index contributed by atoms with van der Waals surface area (Å²) in [5, 5.41) is 9.28. The van der Waals surface area contributed by atoms with Gasteiger partial charge in [-0.15, -0.1) is 0 Å². The highest BCUT2D eigenvalue weighted by Gasteiger charge is 2.25. The van der Waals surface area contributed by atoms with E-state index in [0.717, 1.165) is 33.4 Å². The highest BCUT2D eigenvalue weighted by molar-refractivity contribution is 7.90. The highest BCUT2D eigenvalue weighted by atomic mass is 32.2. The van der Waals surface area contributed by atoms with E-state index >= 15 is 0 Å². The molecule has 27 heavy (non-hydrogen) atoms. The quantitative estimate of drug-likeness (QED) is 0.846. The number of hydrogen-bond acceptors (Lipinski definition) is 4. The third kappa shape index (κ3) is 3.80. The number of sulfone groups is 1. The molecule has 0 aliphatic heterocycles. The number of hydrogen-bond donors (Lipinski definition) is 1. The van der Waals surface area contributed by atoms with Crippen molar-refractivity contribution in [3.05, 3.63) is 64.7 Å². The second kappa shape index (κ2) is 7.04. The van der Waals surface area contributed by atoms with Crippen LogP contribution in [0.2, 0.25) is 0 Å². The van der Waals surface area contributed by atoms with Gasteiger partial charge in [0.05, 0.1) is 18.4 Å². The molecule has 3 rings (SSSR count). The van der Waals surface area contributed by atoms with E-state index in [4.69, 9.17) is 4.74 Å². The summed E-state index contributed by atoms with van der Waals surface area (Å²) in [7, 11) is -1.67. The summed E-state index contributed by atoms with van der Waals surface area (Å²) in [6, 6.07) is 12.3. The molecule has 0 amide bonds. The summed E-state index contributed by atoms with van der Waals surface area (Å²) in [6.45, 7) is 1.90. The Kier molecular flexibility index (Phi) is 4.93. The summed E-state index contributed by atoms with van der Waals surface area (Å²) in [5.41, 5.74) is 5.22. The smallest absolute Gasteiger partial charge is 0.307 e. The predicted molar refractivity (Wildman–Crippen MR) is 105 cm³/mol. The van der Waals surface area contributed by atoms with Gasteiger partial charge in [0.25, 0.3) is 0 Å². The van der Waals surface area contributed by atoms with Crippen LogP contribution in [0.1, 0.15) is 30.0 Å². The number of fused-ring (bicyclic) bond motifs is 1. The summed E-state index contributed by atoms with van der Waals surface area (Å²) >= 11 is 0. The summed E-state index contributed by atoms with van der Waals surface area (Å²) < 4.78 is 28.5. The van der Waals surface area contributed by atoms with E-state index in [9.17, 15) is 18.3 Å². The van der Waals surface area contributed by atoms with Gasteiger partial charge in [-0.2, -0.15) is 0 Å². The Labute approximate surface area is 158 Å². The van der Waals surface area contributed by atoms with Crippen LogP contribution in [0.25, 0.3) is 17.2 Å². The van der Waals surface area contributed by atoms with Crippen LogP contribution in [0, 0.1) is 0 Å². The second-order valence-electron chi connectivity index (χ2n) is 6.48. The summed E-state index contributed by atoms with van der Waals surface area (Å²) in [6.07, 6.45) is 3.05. The average molecular weight is 384 g/mol. The minimum absolute atomic E-state index is 0.0731. The fourth-order valence-electron chi connectivity index (χ4n) is 3.24. The number of carbonyl (C=O) groups is 1. The van der Waals surface area contributed by atoms with Crippen LogP contribution >= 0.6 is 0 Å². The molecule has 1 N–H and O–H groups in total. The molecule has 0 saturated heterocycles. The topological polar surface area (TPSA) is 80.7 Å². The molecule has 0 heterocycles. The van der Waals surface area contributed by atoms with Gasteiger partial charge in [-0.3, -0.25) is 4.79 Å². The Hall–Kier alpha value is -2.86. The molecule has 1 aliphatic carbocycles. The molecule has 0 bridgehead atoms. The average Bonchev–Trinajstić information content (AvgIpc) is 2.86. The molecule has 0 fully saturated rings. The van der Waals surface area contributed by atoms with Crippen LogP contribution in [0.5, 0.6) is 5.75 Å². The molecule has 0 aromatic heterocycles. The molecule has 1 aliphatic rings. The van der Waals surface area contributed by atoms with Crippen LogP contribution < -0.4 is 4.74 Å². The van der Waals surface area contributed by atoms with Crippen molar-refractivity contribution >= 4 is 33.0 Å². The summed E-state index contributed by atoms with van der Waals surface area (Å²) in [4.78, 5) is 11.6. The molecule has 6 heteroatoms. The fourth-order valence-corrected chi connectivity index (χ4v) is 3.87. The Balaban J connectivity index is 2.11. The van der Waals surface area contributed by atoms with Crippen LogP contribution in [-0.2, 0) is 14.6 Å². The first-order valence-electron chi connectivity index (χ1n) is 8.33. The number of ether oxygens (including phenoxy) is 1. The second-order valence-corrected chi connectivity index (χ2v) is 8.50. The van der Waals surface area contributed by atoms with Gasteiger partial charge < -0.3 is 9.84 Å². The lowest BCUT2D eigenvalue weighted by Crippen LogP contribution is -1.97. The Bertz CT molecular complexity index is 1070. The zero-order chi connectivity index (χ0) is 19.8. The van der Waals surface area contributed by atoms with Crippen molar-refractivity contribution in [1.29, 1.82) is 0 Å². The molecule has 0 radical (unpaired) electrons. The van der Waals surface area contributed by atoms with Crippen LogP contribution in [-0.4, -0.2) is 32.9 Å². The normalized spacial score (nSPS) is 15.1. The Morgan fingerprint density at radius 1 is 1.11 bits per heavy atom. The third-order valence-electron chi connectivity index (χ3n) is 4.65. The van der Waals surface area contributed by atoms with Gasteiger partial charge in [0.15, 0.2) is 9.84 Å². The van der Waals surface area contributed by atoms with Gasteiger partial charge in [0.1, 0.15) is 5.75 Å². The van der Waals surface area contributed by atoms with Crippen molar-refractivity contribution in [1.82, 2.24) is 0 Å². The number of rotatable bonds is 5. The van der Waals surface area contributed by atoms with Gasteiger partial charge in [-0.25, -0.2) is 8.42 Å². The Morgan fingerprint density at radius 3 is 2.33 bits per heavy atom. The van der Waals surface area contributed by atoms with Gasteiger partial charge in [-0.1, -0.05) is 18.2 Å².